The summed E-state index contributed by atoms with van der Waals surface area (Å²) in [5, 5.41) is 3.52. The number of nitrogens with zero attached hydrogens (tertiary/aromatic N) is 1. The number of hydrogen-bond acceptors (Lipinski definition) is 3. The zero-order chi connectivity index (χ0) is 11.9. The van der Waals surface area contributed by atoms with E-state index in [1.54, 1.807) is 6.21 Å². The van der Waals surface area contributed by atoms with Gasteiger partial charge in [0.2, 0.25) is 0 Å². The first-order chi connectivity index (χ1) is 8.40. The van der Waals surface area contributed by atoms with Crippen LogP contribution in [0.15, 0.2) is 59.7 Å². The van der Waals surface area contributed by atoms with Crippen LogP contribution in [0.3, 0.4) is 0 Å². The standard InChI is InChI=1S/C14H14N2O/c15-16-10-13-8-4-5-9-14(13)17-11-12-6-2-1-3-7-12/h1-10H,11,15H2/b16-10-. The summed E-state index contributed by atoms with van der Waals surface area (Å²) >= 11 is 0. The molecule has 0 atom stereocenters. The molecule has 2 aromatic rings. The SMILES string of the molecule is N/N=C\c1ccccc1OCc1ccccc1. The molecular weight excluding hydrogens is 212 g/mol. The molecule has 0 saturated heterocycles. The summed E-state index contributed by atoms with van der Waals surface area (Å²) in [4.78, 5) is 0. The Morgan fingerprint density at radius 3 is 2.47 bits per heavy atom. The van der Waals surface area contributed by atoms with E-state index >= 15 is 0 Å². The Labute approximate surface area is 101 Å². The second-order valence-electron chi connectivity index (χ2n) is 3.59. The topological polar surface area (TPSA) is 47.6 Å². The van der Waals surface area contributed by atoms with Crippen LogP contribution < -0.4 is 10.6 Å². The minimum absolute atomic E-state index is 0.538. The largest absolute Gasteiger partial charge is 0.488 e. The lowest BCUT2D eigenvalue weighted by Gasteiger charge is -2.08. The molecule has 0 fully saturated rings. The second-order valence-corrected chi connectivity index (χ2v) is 3.59. The predicted octanol–water partition coefficient (Wildman–Crippen LogP) is 2.56. The third-order valence-electron chi connectivity index (χ3n) is 2.37. The lowest BCUT2D eigenvalue weighted by molar-refractivity contribution is 0.306. The number of rotatable bonds is 4. The molecule has 0 bridgehead atoms. The predicted molar refractivity (Wildman–Crippen MR) is 69.0 cm³/mol. The summed E-state index contributed by atoms with van der Waals surface area (Å²) < 4.78 is 5.73. The first-order valence-electron chi connectivity index (χ1n) is 5.39. The summed E-state index contributed by atoms with van der Waals surface area (Å²) in [6.07, 6.45) is 1.58. The molecule has 0 aromatic heterocycles. The fraction of sp³-hybridized carbons (Fsp3) is 0.0714. The van der Waals surface area contributed by atoms with Gasteiger partial charge in [0.1, 0.15) is 12.4 Å². The van der Waals surface area contributed by atoms with Gasteiger partial charge in [0, 0.05) is 5.56 Å². The van der Waals surface area contributed by atoms with Crippen molar-refractivity contribution in [3.8, 4) is 5.75 Å². The Balaban J connectivity index is 2.09. The Kier molecular flexibility index (Phi) is 3.76. The molecule has 86 valence electrons. The van der Waals surface area contributed by atoms with Gasteiger partial charge in [0.15, 0.2) is 0 Å². The molecule has 17 heavy (non-hydrogen) atoms. The molecule has 0 spiro atoms. The van der Waals surface area contributed by atoms with Crippen molar-refractivity contribution in [3.63, 3.8) is 0 Å². The van der Waals surface area contributed by atoms with Gasteiger partial charge >= 0.3 is 0 Å². The van der Waals surface area contributed by atoms with E-state index < -0.39 is 0 Å². The van der Waals surface area contributed by atoms with Crippen LogP contribution in [-0.4, -0.2) is 6.21 Å². The van der Waals surface area contributed by atoms with Crippen LogP contribution in [0.2, 0.25) is 0 Å². The van der Waals surface area contributed by atoms with E-state index in [-0.39, 0.29) is 0 Å². The second kappa shape index (κ2) is 5.70. The highest BCUT2D eigenvalue weighted by Gasteiger charge is 2.00. The minimum atomic E-state index is 0.538. The fourth-order valence-electron chi connectivity index (χ4n) is 1.53. The first kappa shape index (κ1) is 11.2. The molecule has 3 heteroatoms. The van der Waals surface area contributed by atoms with E-state index in [1.807, 2.05) is 54.6 Å². The number of hydrazone groups is 1. The first-order valence-corrected chi connectivity index (χ1v) is 5.39. The van der Waals surface area contributed by atoms with E-state index in [1.165, 1.54) is 0 Å². The van der Waals surface area contributed by atoms with Gasteiger partial charge in [-0.25, -0.2) is 0 Å². The van der Waals surface area contributed by atoms with Crippen molar-refractivity contribution >= 4 is 6.21 Å². The third kappa shape index (κ3) is 3.08. The number of hydrogen-bond donors (Lipinski definition) is 1. The van der Waals surface area contributed by atoms with Crippen molar-refractivity contribution in [3.05, 3.63) is 65.7 Å². The molecule has 0 aliphatic carbocycles. The molecule has 0 aliphatic rings. The number of ether oxygens (including phenoxy) is 1. The molecule has 3 nitrogen and oxygen atoms in total. The van der Waals surface area contributed by atoms with E-state index in [9.17, 15) is 0 Å². The van der Waals surface area contributed by atoms with Gasteiger partial charge in [-0.05, 0) is 17.7 Å². The van der Waals surface area contributed by atoms with E-state index in [0.717, 1.165) is 16.9 Å². The molecule has 2 aromatic carbocycles. The molecular formula is C14H14N2O. The Morgan fingerprint density at radius 1 is 1.00 bits per heavy atom. The Morgan fingerprint density at radius 2 is 1.71 bits per heavy atom. The Hall–Kier alpha value is -2.29. The average molecular weight is 226 g/mol. The number of para-hydroxylation sites is 1. The molecule has 0 saturated carbocycles. The van der Waals surface area contributed by atoms with Crippen molar-refractivity contribution in [2.45, 2.75) is 6.61 Å². The zero-order valence-electron chi connectivity index (χ0n) is 9.41. The van der Waals surface area contributed by atoms with E-state index in [4.69, 9.17) is 10.6 Å². The Bertz CT molecular complexity index is 495. The van der Waals surface area contributed by atoms with Gasteiger partial charge in [-0.1, -0.05) is 42.5 Å². The fourth-order valence-corrected chi connectivity index (χ4v) is 1.53. The molecule has 0 aliphatic heterocycles. The van der Waals surface area contributed by atoms with Gasteiger partial charge in [0.05, 0.1) is 6.21 Å². The summed E-state index contributed by atoms with van der Waals surface area (Å²) in [5.41, 5.74) is 2.01. The monoisotopic (exact) mass is 226 g/mol. The van der Waals surface area contributed by atoms with Gasteiger partial charge < -0.3 is 10.6 Å². The minimum Gasteiger partial charge on any atom is -0.488 e. The van der Waals surface area contributed by atoms with Crippen molar-refractivity contribution in [2.75, 3.05) is 0 Å². The third-order valence-corrected chi connectivity index (χ3v) is 2.37. The quantitative estimate of drug-likeness (QED) is 0.495. The summed E-state index contributed by atoms with van der Waals surface area (Å²) in [6.45, 7) is 0.538. The zero-order valence-corrected chi connectivity index (χ0v) is 9.41. The highest BCUT2D eigenvalue weighted by atomic mass is 16.5. The average Bonchev–Trinajstić information content (AvgIpc) is 2.39. The van der Waals surface area contributed by atoms with Crippen LogP contribution in [-0.2, 0) is 6.61 Å². The number of nitrogens with two attached hydrogens (primary N) is 1. The normalized spacial score (nSPS) is 10.6. The highest BCUT2D eigenvalue weighted by molar-refractivity contribution is 5.83. The van der Waals surface area contributed by atoms with E-state index in [0.29, 0.717) is 6.61 Å². The molecule has 0 amide bonds. The van der Waals surface area contributed by atoms with Gasteiger partial charge in [0.25, 0.3) is 0 Å². The molecule has 2 N–H and O–H groups in total. The van der Waals surface area contributed by atoms with Crippen molar-refractivity contribution < 1.29 is 4.74 Å². The number of benzene rings is 2. The maximum absolute atomic E-state index is 5.73. The molecule has 0 heterocycles. The van der Waals surface area contributed by atoms with Crippen LogP contribution in [0.4, 0.5) is 0 Å². The maximum Gasteiger partial charge on any atom is 0.128 e. The smallest absolute Gasteiger partial charge is 0.128 e. The van der Waals surface area contributed by atoms with Crippen molar-refractivity contribution in [2.24, 2.45) is 10.9 Å². The van der Waals surface area contributed by atoms with Crippen molar-refractivity contribution in [1.29, 1.82) is 0 Å². The van der Waals surface area contributed by atoms with Gasteiger partial charge in [-0.2, -0.15) is 5.10 Å². The van der Waals surface area contributed by atoms with Gasteiger partial charge in [-0.3, -0.25) is 0 Å². The maximum atomic E-state index is 5.73. The molecule has 2 rings (SSSR count). The summed E-state index contributed by atoms with van der Waals surface area (Å²) in [5.74, 6) is 5.93. The van der Waals surface area contributed by atoms with Crippen LogP contribution in [0.5, 0.6) is 5.75 Å². The molecule has 0 radical (unpaired) electrons. The van der Waals surface area contributed by atoms with E-state index in [2.05, 4.69) is 5.10 Å². The lowest BCUT2D eigenvalue weighted by atomic mass is 10.2. The highest BCUT2D eigenvalue weighted by Crippen LogP contribution is 2.17. The van der Waals surface area contributed by atoms with Gasteiger partial charge in [-0.15, -0.1) is 0 Å². The van der Waals surface area contributed by atoms with Crippen LogP contribution >= 0.6 is 0 Å². The summed E-state index contributed by atoms with van der Waals surface area (Å²) in [7, 11) is 0. The van der Waals surface area contributed by atoms with Crippen molar-refractivity contribution in [1.82, 2.24) is 0 Å². The van der Waals surface area contributed by atoms with Crippen LogP contribution in [0, 0.1) is 0 Å². The molecule has 0 unspecified atom stereocenters. The van der Waals surface area contributed by atoms with Crippen LogP contribution in [0.1, 0.15) is 11.1 Å². The van der Waals surface area contributed by atoms with Crippen LogP contribution in [0.25, 0.3) is 0 Å². The lowest BCUT2D eigenvalue weighted by Crippen LogP contribution is -1.98. The summed E-state index contributed by atoms with van der Waals surface area (Å²) in [6, 6.07) is 17.7.